The molecule has 14 nitrogen and oxygen atoms in total. The second-order valence-corrected chi connectivity index (χ2v) is 15.6. The van der Waals surface area contributed by atoms with Gasteiger partial charge in [-0.2, -0.15) is 0 Å². The Labute approximate surface area is 321 Å². The normalized spacial score (nSPS) is 26.9. The summed E-state index contributed by atoms with van der Waals surface area (Å²) in [6.07, 6.45) is 5.07. The van der Waals surface area contributed by atoms with E-state index in [0.29, 0.717) is 12.8 Å². The molecular formula is C42H42N2O12. The molecule has 2 heterocycles. The van der Waals surface area contributed by atoms with Crippen molar-refractivity contribution < 1.29 is 58.7 Å². The fourth-order valence-corrected chi connectivity index (χ4v) is 8.90. The molecule has 14 heteroatoms. The van der Waals surface area contributed by atoms with Gasteiger partial charge in [0.05, 0.1) is 22.3 Å². The van der Waals surface area contributed by atoms with E-state index in [1.54, 1.807) is 13.8 Å². The molecule has 3 aliphatic carbocycles. The maximum absolute atomic E-state index is 14.4. The Bertz CT molecular complexity index is 2260. The van der Waals surface area contributed by atoms with Gasteiger partial charge in [0, 0.05) is 46.8 Å². The highest BCUT2D eigenvalue weighted by atomic mass is 16.5. The van der Waals surface area contributed by atoms with Crippen molar-refractivity contribution in [2.75, 3.05) is 0 Å². The molecule has 0 bridgehead atoms. The van der Waals surface area contributed by atoms with Crippen molar-refractivity contribution >= 4 is 34.7 Å². The first-order valence-electron chi connectivity index (χ1n) is 18.3. The van der Waals surface area contributed by atoms with Crippen LogP contribution in [0.2, 0.25) is 0 Å². The summed E-state index contributed by atoms with van der Waals surface area (Å²) in [5.74, 6) is -6.13. The Hall–Kier alpha value is -6.18. The molecule has 2 aromatic carbocycles. The molecule has 2 aromatic rings. The third kappa shape index (κ3) is 5.00. The van der Waals surface area contributed by atoms with Gasteiger partial charge >= 0.3 is 0 Å². The van der Waals surface area contributed by atoms with E-state index in [1.165, 1.54) is 41.5 Å². The number of nitrogens with one attached hydrogen (secondary N) is 2. The molecule has 0 amide bonds. The topological polar surface area (TPSA) is 226 Å². The van der Waals surface area contributed by atoms with Crippen LogP contribution in [0.4, 0.5) is 0 Å². The highest BCUT2D eigenvalue weighted by Crippen LogP contribution is 2.59. The van der Waals surface area contributed by atoms with Crippen molar-refractivity contribution in [3.05, 3.63) is 79.6 Å². The molecule has 7 rings (SSSR count). The summed E-state index contributed by atoms with van der Waals surface area (Å²) in [7, 11) is 0. The van der Waals surface area contributed by atoms with Crippen LogP contribution < -0.4 is 20.1 Å². The molecule has 1 fully saturated rings. The van der Waals surface area contributed by atoms with Crippen molar-refractivity contribution in [2.45, 2.75) is 104 Å². The number of phenols is 4. The standard InChI is InChI=1S/C42H42N2O12/c1-15-33(49)29(19(5)45)37-31(35(15)51)41(7)25(55-37)13-23(47)27(39(41)53)17(3)43-21-11-9-10-12-22(21)44-18(4)28-24(48)14-26-42(8,40(28)54)32-36(52)16(2)34(50)30(20(6)46)38(32)56-26/h13-14,21-22,43-44,49-52H,9-12H2,1-8H3/b27-17-,28-18+/t21-,22-,41+,42+/m1/s1. The third-order valence-corrected chi connectivity index (χ3v) is 12.1. The molecule has 0 unspecified atom stereocenters. The van der Waals surface area contributed by atoms with Gasteiger partial charge in [-0.05, 0) is 68.2 Å². The van der Waals surface area contributed by atoms with Crippen LogP contribution >= 0.6 is 0 Å². The van der Waals surface area contributed by atoms with Crippen molar-refractivity contribution in [1.82, 2.24) is 10.6 Å². The number of hydrogen-bond acceptors (Lipinski definition) is 14. The van der Waals surface area contributed by atoms with E-state index in [-0.39, 0.29) is 78.9 Å². The number of ketones is 6. The monoisotopic (exact) mass is 766 g/mol. The van der Waals surface area contributed by atoms with E-state index in [2.05, 4.69) is 10.6 Å². The van der Waals surface area contributed by atoms with E-state index in [1.807, 2.05) is 0 Å². The summed E-state index contributed by atoms with van der Waals surface area (Å²) >= 11 is 0. The zero-order valence-electron chi connectivity index (χ0n) is 32.2. The lowest BCUT2D eigenvalue weighted by molar-refractivity contribution is -0.125. The van der Waals surface area contributed by atoms with Gasteiger partial charge in [0.25, 0.3) is 0 Å². The summed E-state index contributed by atoms with van der Waals surface area (Å²) < 4.78 is 11.8. The summed E-state index contributed by atoms with van der Waals surface area (Å²) in [4.78, 5) is 81.2. The lowest BCUT2D eigenvalue weighted by Crippen LogP contribution is -2.50. The summed E-state index contributed by atoms with van der Waals surface area (Å²) in [6, 6.07) is -0.790. The SMILES string of the molecule is CC(=O)c1c(O)c(C)c(O)c2c1OC1=CC(=O)/C(=C(\C)N[C@@H]3CCCC[C@H]3N/C(C)=C3\C(=O)C=C4Oc5c(C(C)=O)c(O)c(C)c(O)c5[C@@]4(C)C3=O)C(=O)[C@@]12C. The predicted molar refractivity (Wildman–Crippen MR) is 199 cm³/mol. The molecule has 6 N–H and O–H groups in total. The first kappa shape index (κ1) is 38.1. The van der Waals surface area contributed by atoms with E-state index in [4.69, 9.17) is 9.47 Å². The molecule has 292 valence electrons. The molecule has 4 atom stereocenters. The molecule has 0 saturated heterocycles. The average molecular weight is 767 g/mol. The zero-order chi connectivity index (χ0) is 41.1. The van der Waals surface area contributed by atoms with Crippen molar-refractivity contribution in [1.29, 1.82) is 0 Å². The fourth-order valence-electron chi connectivity index (χ4n) is 8.90. The number of aromatic hydroxyl groups is 4. The van der Waals surface area contributed by atoms with E-state index < -0.39 is 80.6 Å². The molecule has 0 radical (unpaired) electrons. The van der Waals surface area contributed by atoms with Gasteiger partial charge in [-0.1, -0.05) is 12.8 Å². The lowest BCUT2D eigenvalue weighted by Gasteiger charge is -2.36. The van der Waals surface area contributed by atoms with Gasteiger partial charge in [-0.25, -0.2) is 0 Å². The van der Waals surface area contributed by atoms with Crippen LogP contribution in [0.3, 0.4) is 0 Å². The number of hydrogen-bond donors (Lipinski definition) is 6. The minimum absolute atomic E-state index is 0.0157. The number of Topliss-reactive ketones (excluding diaryl/α,β-unsaturated/α-hetero) is 4. The highest BCUT2D eigenvalue weighted by molar-refractivity contribution is 6.32. The minimum atomic E-state index is -1.69. The van der Waals surface area contributed by atoms with Crippen LogP contribution in [0.25, 0.3) is 0 Å². The number of rotatable bonds is 6. The van der Waals surface area contributed by atoms with Gasteiger partial charge in [0.2, 0.25) is 0 Å². The summed E-state index contributed by atoms with van der Waals surface area (Å²) in [5.41, 5.74) is -3.75. The summed E-state index contributed by atoms with van der Waals surface area (Å²) in [5, 5.41) is 50.4. The third-order valence-electron chi connectivity index (χ3n) is 12.1. The van der Waals surface area contributed by atoms with Gasteiger partial charge in [0.15, 0.2) is 34.7 Å². The van der Waals surface area contributed by atoms with Crippen molar-refractivity contribution in [3.8, 4) is 34.5 Å². The van der Waals surface area contributed by atoms with Crippen LogP contribution in [0, 0.1) is 13.8 Å². The second kappa shape index (κ2) is 12.7. The number of phenolic OH excluding ortho intramolecular Hbond substituents is 4. The minimum Gasteiger partial charge on any atom is -0.507 e. The first-order valence-corrected chi connectivity index (χ1v) is 18.3. The van der Waals surface area contributed by atoms with E-state index in [0.717, 1.165) is 25.0 Å². The number of fused-ring (bicyclic) bond motifs is 6. The van der Waals surface area contributed by atoms with Gasteiger partial charge in [-0.15, -0.1) is 0 Å². The maximum atomic E-state index is 14.4. The Morgan fingerprint density at radius 2 is 0.964 bits per heavy atom. The largest absolute Gasteiger partial charge is 0.507 e. The predicted octanol–water partition coefficient (Wildman–Crippen LogP) is 4.64. The first-order chi connectivity index (χ1) is 26.2. The van der Waals surface area contributed by atoms with Crippen LogP contribution in [-0.2, 0) is 30.0 Å². The smallest absolute Gasteiger partial charge is 0.194 e. The molecule has 5 aliphatic rings. The molecule has 1 saturated carbocycles. The highest BCUT2D eigenvalue weighted by Gasteiger charge is 2.58. The number of benzene rings is 2. The van der Waals surface area contributed by atoms with Gasteiger partial charge < -0.3 is 40.5 Å². The van der Waals surface area contributed by atoms with Crippen LogP contribution in [0.15, 0.2) is 46.2 Å². The van der Waals surface area contributed by atoms with E-state index in [9.17, 15) is 49.2 Å². The number of carbonyl (C=O) groups is 6. The molecule has 0 aromatic heterocycles. The quantitative estimate of drug-likeness (QED) is 0.134. The Morgan fingerprint density at radius 1 is 0.625 bits per heavy atom. The van der Waals surface area contributed by atoms with Crippen LogP contribution in [-0.4, -0.2) is 67.2 Å². The lowest BCUT2D eigenvalue weighted by atomic mass is 9.69. The Balaban J connectivity index is 1.22. The average Bonchev–Trinajstić information content (AvgIpc) is 3.58. The van der Waals surface area contributed by atoms with Gasteiger partial charge in [-0.3, -0.25) is 28.8 Å². The fraction of sp³-hybridized carbons (Fsp3) is 0.381. The van der Waals surface area contributed by atoms with Crippen molar-refractivity contribution in [3.63, 3.8) is 0 Å². The molecule has 56 heavy (non-hydrogen) atoms. The van der Waals surface area contributed by atoms with E-state index >= 15 is 0 Å². The zero-order valence-corrected chi connectivity index (χ0v) is 32.2. The molecular weight excluding hydrogens is 724 g/mol. The van der Waals surface area contributed by atoms with Gasteiger partial charge in [0.1, 0.15) is 68.0 Å². The Kier molecular flexibility index (Phi) is 8.63. The maximum Gasteiger partial charge on any atom is 0.194 e. The number of carbonyl (C=O) groups excluding carboxylic acids is 6. The molecule has 0 spiro atoms. The Morgan fingerprint density at radius 3 is 1.29 bits per heavy atom. The number of allylic oxidation sites excluding steroid dienone is 8. The van der Waals surface area contributed by atoms with Crippen LogP contribution in [0.1, 0.15) is 110 Å². The molecule has 2 aliphatic heterocycles. The second-order valence-electron chi connectivity index (χ2n) is 15.6. The number of ether oxygens (including phenoxy) is 2. The van der Waals surface area contributed by atoms with Crippen LogP contribution in [0.5, 0.6) is 34.5 Å². The van der Waals surface area contributed by atoms with Crippen molar-refractivity contribution in [2.24, 2.45) is 0 Å². The summed E-state index contributed by atoms with van der Waals surface area (Å²) in [6.45, 7) is 11.4.